The molecule has 0 bridgehead atoms. The minimum absolute atomic E-state index is 0.0969. The van der Waals surface area contributed by atoms with Crippen LogP contribution in [-0.4, -0.2) is 17.4 Å². The maximum Gasteiger partial charge on any atom is 0.166 e. The number of rotatable bonds is 0. The van der Waals surface area contributed by atoms with Gasteiger partial charge in [-0.2, -0.15) is 0 Å². The number of fused-ring (bicyclic) bond motifs is 1. The Morgan fingerprint density at radius 2 is 2.25 bits per heavy atom. The van der Waals surface area contributed by atoms with Gasteiger partial charge in [0, 0.05) is 24.2 Å². The maximum atomic E-state index is 11.3. The second-order valence-corrected chi connectivity index (χ2v) is 2.83. The molecule has 0 amide bonds. The molecule has 0 saturated heterocycles. The van der Waals surface area contributed by atoms with Crippen LogP contribution in [0.3, 0.4) is 0 Å². The van der Waals surface area contributed by atoms with E-state index in [-0.39, 0.29) is 11.5 Å². The van der Waals surface area contributed by atoms with Crippen LogP contribution in [0.25, 0.3) is 0 Å². The first-order chi connectivity index (χ1) is 5.77. The zero-order valence-corrected chi connectivity index (χ0v) is 6.50. The monoisotopic (exact) mass is 163 g/mol. The summed E-state index contributed by atoms with van der Waals surface area (Å²) in [5.74, 6) is 0.241. The lowest BCUT2D eigenvalue weighted by Gasteiger charge is -2.16. The van der Waals surface area contributed by atoms with Gasteiger partial charge in [0.2, 0.25) is 0 Å². The Morgan fingerprint density at radius 1 is 1.42 bits per heavy atom. The van der Waals surface area contributed by atoms with E-state index in [0.29, 0.717) is 18.5 Å². The first-order valence-electron chi connectivity index (χ1n) is 3.87. The summed E-state index contributed by atoms with van der Waals surface area (Å²) in [6.45, 7) is 0.691. The molecule has 0 aliphatic carbocycles. The molecule has 0 atom stereocenters. The number of hydrogen-bond donors (Lipinski definition) is 2. The van der Waals surface area contributed by atoms with Gasteiger partial charge in [-0.25, -0.2) is 0 Å². The van der Waals surface area contributed by atoms with Gasteiger partial charge in [0.1, 0.15) is 5.75 Å². The van der Waals surface area contributed by atoms with Crippen LogP contribution in [0.1, 0.15) is 16.8 Å². The molecule has 2 rings (SSSR count). The third kappa shape index (κ3) is 1.03. The molecule has 3 nitrogen and oxygen atoms in total. The number of phenols is 1. The van der Waals surface area contributed by atoms with E-state index in [9.17, 15) is 4.79 Å². The number of carbonyl (C=O) groups excluding carboxylic acids is 1. The van der Waals surface area contributed by atoms with Crippen molar-refractivity contribution in [1.82, 2.24) is 0 Å². The quantitative estimate of drug-likeness (QED) is 0.568. The van der Waals surface area contributed by atoms with Crippen molar-refractivity contribution >= 4 is 11.5 Å². The minimum atomic E-state index is 0.0969. The van der Waals surface area contributed by atoms with E-state index in [0.717, 1.165) is 5.69 Å². The Balaban J connectivity index is 2.54. The van der Waals surface area contributed by atoms with E-state index in [2.05, 4.69) is 5.32 Å². The lowest BCUT2D eigenvalue weighted by atomic mass is 10.0. The van der Waals surface area contributed by atoms with Gasteiger partial charge in [0.15, 0.2) is 5.78 Å². The first kappa shape index (κ1) is 7.16. The van der Waals surface area contributed by atoms with E-state index in [4.69, 9.17) is 5.11 Å². The molecular formula is C9H9NO2. The van der Waals surface area contributed by atoms with Crippen LogP contribution < -0.4 is 5.32 Å². The third-order valence-electron chi connectivity index (χ3n) is 1.97. The van der Waals surface area contributed by atoms with E-state index in [1.165, 1.54) is 6.07 Å². The van der Waals surface area contributed by atoms with Crippen molar-refractivity contribution in [2.75, 3.05) is 11.9 Å². The molecule has 62 valence electrons. The normalized spacial score (nSPS) is 15.2. The number of Topliss-reactive ketones (excluding diaryl/α,β-unsaturated/α-hetero) is 1. The Hall–Kier alpha value is -1.51. The van der Waals surface area contributed by atoms with Crippen LogP contribution in [0.2, 0.25) is 0 Å². The van der Waals surface area contributed by atoms with Crippen molar-refractivity contribution in [1.29, 1.82) is 0 Å². The highest BCUT2D eigenvalue weighted by Gasteiger charge is 2.16. The van der Waals surface area contributed by atoms with Crippen LogP contribution in [0, 0.1) is 0 Å². The van der Waals surface area contributed by atoms with E-state index in [1.807, 2.05) is 0 Å². The summed E-state index contributed by atoms with van der Waals surface area (Å²) in [7, 11) is 0. The number of aromatic hydroxyl groups is 1. The minimum Gasteiger partial charge on any atom is -0.508 e. The van der Waals surface area contributed by atoms with Crippen LogP contribution >= 0.6 is 0 Å². The largest absolute Gasteiger partial charge is 0.508 e. The Bertz CT molecular complexity index is 333. The summed E-state index contributed by atoms with van der Waals surface area (Å²) in [6.07, 6.45) is 0.510. The molecule has 1 aliphatic heterocycles. The molecule has 1 aromatic rings. The Kier molecular flexibility index (Phi) is 1.50. The van der Waals surface area contributed by atoms with Crippen molar-refractivity contribution in [3.05, 3.63) is 23.8 Å². The van der Waals surface area contributed by atoms with Crippen molar-refractivity contribution in [2.24, 2.45) is 0 Å². The highest BCUT2D eigenvalue weighted by atomic mass is 16.3. The van der Waals surface area contributed by atoms with E-state index < -0.39 is 0 Å². The summed E-state index contributed by atoms with van der Waals surface area (Å²) >= 11 is 0. The molecule has 0 fully saturated rings. The summed E-state index contributed by atoms with van der Waals surface area (Å²) in [6, 6.07) is 4.80. The topological polar surface area (TPSA) is 49.3 Å². The van der Waals surface area contributed by atoms with Gasteiger partial charge < -0.3 is 10.4 Å². The fraction of sp³-hybridized carbons (Fsp3) is 0.222. The number of phenolic OH excluding ortho intramolecular Hbond substituents is 1. The zero-order valence-electron chi connectivity index (χ0n) is 6.50. The molecule has 0 aromatic heterocycles. The molecular weight excluding hydrogens is 154 g/mol. The molecule has 0 unspecified atom stereocenters. The number of hydrogen-bond acceptors (Lipinski definition) is 3. The van der Waals surface area contributed by atoms with Gasteiger partial charge in [-0.1, -0.05) is 0 Å². The molecule has 1 aliphatic rings. The fourth-order valence-corrected chi connectivity index (χ4v) is 1.36. The summed E-state index contributed by atoms with van der Waals surface area (Å²) in [5, 5.41) is 12.2. The third-order valence-corrected chi connectivity index (χ3v) is 1.97. The smallest absolute Gasteiger partial charge is 0.166 e. The van der Waals surface area contributed by atoms with Crippen molar-refractivity contribution < 1.29 is 9.90 Å². The number of nitrogens with one attached hydrogen (secondary N) is 1. The standard InChI is InChI=1S/C9H9NO2/c11-6-1-2-8-7(5-6)9(12)3-4-10-8/h1-2,5,10-11H,3-4H2. The number of anilines is 1. The van der Waals surface area contributed by atoms with Gasteiger partial charge in [-0.3, -0.25) is 4.79 Å². The SMILES string of the molecule is O=C1CCNc2ccc(O)cc21. The van der Waals surface area contributed by atoms with Gasteiger partial charge in [0.25, 0.3) is 0 Å². The molecule has 12 heavy (non-hydrogen) atoms. The molecule has 1 aromatic carbocycles. The second kappa shape index (κ2) is 2.52. The highest BCUT2D eigenvalue weighted by Crippen LogP contribution is 2.25. The van der Waals surface area contributed by atoms with E-state index >= 15 is 0 Å². The Morgan fingerprint density at radius 3 is 3.08 bits per heavy atom. The number of benzene rings is 1. The summed E-state index contributed by atoms with van der Waals surface area (Å²) < 4.78 is 0. The lowest BCUT2D eigenvalue weighted by Crippen LogP contribution is -2.17. The summed E-state index contributed by atoms with van der Waals surface area (Å²) in [5.41, 5.74) is 1.42. The van der Waals surface area contributed by atoms with Crippen molar-refractivity contribution in [2.45, 2.75) is 6.42 Å². The number of ketones is 1. The van der Waals surface area contributed by atoms with Crippen LogP contribution in [-0.2, 0) is 0 Å². The lowest BCUT2D eigenvalue weighted by molar-refractivity contribution is 0.0983. The first-order valence-corrected chi connectivity index (χ1v) is 3.87. The molecule has 1 heterocycles. The van der Waals surface area contributed by atoms with Gasteiger partial charge >= 0.3 is 0 Å². The van der Waals surface area contributed by atoms with Gasteiger partial charge in [0.05, 0.1) is 0 Å². The molecule has 2 N–H and O–H groups in total. The summed E-state index contributed by atoms with van der Waals surface area (Å²) in [4.78, 5) is 11.3. The van der Waals surface area contributed by atoms with Crippen LogP contribution in [0.4, 0.5) is 5.69 Å². The van der Waals surface area contributed by atoms with E-state index in [1.54, 1.807) is 12.1 Å². The van der Waals surface area contributed by atoms with Crippen LogP contribution in [0.15, 0.2) is 18.2 Å². The zero-order chi connectivity index (χ0) is 8.55. The van der Waals surface area contributed by atoms with Crippen LogP contribution in [0.5, 0.6) is 5.75 Å². The fourth-order valence-electron chi connectivity index (χ4n) is 1.36. The second-order valence-electron chi connectivity index (χ2n) is 2.83. The average Bonchev–Trinajstić information content (AvgIpc) is 2.07. The van der Waals surface area contributed by atoms with Gasteiger partial charge in [-0.05, 0) is 18.2 Å². The van der Waals surface area contributed by atoms with Gasteiger partial charge in [-0.15, -0.1) is 0 Å². The Labute approximate surface area is 70.0 Å². The predicted molar refractivity (Wildman–Crippen MR) is 45.5 cm³/mol. The molecule has 0 radical (unpaired) electrons. The molecule has 0 spiro atoms. The average molecular weight is 163 g/mol. The molecule has 3 heteroatoms. The molecule has 0 saturated carbocycles. The highest BCUT2D eigenvalue weighted by molar-refractivity contribution is 6.03. The predicted octanol–water partition coefficient (Wildman–Crippen LogP) is 1.39. The number of carbonyl (C=O) groups is 1. The van der Waals surface area contributed by atoms with Crippen molar-refractivity contribution in [3.63, 3.8) is 0 Å². The maximum absolute atomic E-state index is 11.3. The van der Waals surface area contributed by atoms with Crippen molar-refractivity contribution in [3.8, 4) is 5.75 Å².